The monoisotopic (exact) mass is 702 g/mol. The van der Waals surface area contributed by atoms with Crippen LogP contribution < -0.4 is 16.0 Å². The van der Waals surface area contributed by atoms with E-state index in [-0.39, 0.29) is 17.4 Å². The molecule has 0 aliphatic carbocycles. The Hall–Kier alpha value is -4.22. The summed E-state index contributed by atoms with van der Waals surface area (Å²) < 4.78 is 0.895. The van der Waals surface area contributed by atoms with E-state index in [1.807, 2.05) is 53.9 Å². The highest BCUT2D eigenvalue weighted by Crippen LogP contribution is 2.27. The third-order valence-electron chi connectivity index (χ3n) is 6.06. The van der Waals surface area contributed by atoms with Crippen molar-refractivity contribution in [2.45, 2.75) is 4.90 Å². The summed E-state index contributed by atoms with van der Waals surface area (Å²) >= 11 is 12.0. The van der Waals surface area contributed by atoms with E-state index in [0.717, 1.165) is 26.2 Å². The minimum atomic E-state index is -0.489. The van der Waals surface area contributed by atoms with E-state index in [9.17, 15) is 14.4 Å². The first-order valence-corrected chi connectivity index (χ1v) is 16.3. The number of nitrogens with one attached hydrogen (secondary N) is 3. The van der Waals surface area contributed by atoms with Crippen LogP contribution in [0.5, 0.6) is 0 Å². The predicted molar refractivity (Wildman–Crippen MR) is 183 cm³/mol. The number of anilines is 2. The summed E-state index contributed by atoms with van der Waals surface area (Å²) in [6.07, 6.45) is 1.61. The van der Waals surface area contributed by atoms with Crippen LogP contribution in [0.15, 0.2) is 124 Å². The van der Waals surface area contributed by atoms with Gasteiger partial charge < -0.3 is 16.0 Å². The van der Waals surface area contributed by atoms with Crippen molar-refractivity contribution in [2.75, 3.05) is 16.4 Å². The number of hydrogen-bond acceptors (Lipinski definition) is 6. The molecule has 3 N–H and O–H groups in total. The van der Waals surface area contributed by atoms with Gasteiger partial charge in [0.2, 0.25) is 5.91 Å². The van der Waals surface area contributed by atoms with Gasteiger partial charge in [-0.1, -0.05) is 76.1 Å². The maximum Gasteiger partial charge on any atom is 0.272 e. The molecular weight excluding hydrogens is 680 g/mol. The predicted octanol–water partition coefficient (Wildman–Crippen LogP) is 8.37. The molecule has 3 amide bonds. The second-order valence-electron chi connectivity index (χ2n) is 9.29. The summed E-state index contributed by atoms with van der Waals surface area (Å²) in [4.78, 5) is 44.2. The van der Waals surface area contributed by atoms with Gasteiger partial charge in [-0.3, -0.25) is 14.4 Å². The fraction of sp³-hybridized carbons (Fsp3) is 0.0303. The highest BCUT2D eigenvalue weighted by atomic mass is 79.9. The molecular formula is C33H24BrClN4O3S2. The summed E-state index contributed by atoms with van der Waals surface area (Å²) in [5.41, 5.74) is 3.43. The van der Waals surface area contributed by atoms with E-state index >= 15 is 0 Å². The molecule has 0 saturated heterocycles. The van der Waals surface area contributed by atoms with Crippen LogP contribution in [0.2, 0.25) is 5.02 Å². The number of amides is 3. The number of hydrogen-bond donors (Lipinski definition) is 3. The Labute approximate surface area is 275 Å². The molecule has 0 bridgehead atoms. The van der Waals surface area contributed by atoms with Gasteiger partial charge in [0.25, 0.3) is 11.8 Å². The van der Waals surface area contributed by atoms with E-state index in [2.05, 4.69) is 36.9 Å². The number of rotatable bonds is 10. The van der Waals surface area contributed by atoms with Gasteiger partial charge in [-0.2, -0.15) is 0 Å². The van der Waals surface area contributed by atoms with Crippen molar-refractivity contribution in [3.63, 3.8) is 0 Å². The Bertz CT molecular complexity index is 1810. The molecule has 0 atom stereocenters. The number of thioether (sulfide) groups is 1. The second kappa shape index (κ2) is 15.0. The molecule has 0 aliphatic rings. The van der Waals surface area contributed by atoms with E-state index in [1.54, 1.807) is 60.7 Å². The summed E-state index contributed by atoms with van der Waals surface area (Å²) in [6.45, 7) is 0. The Morgan fingerprint density at radius 3 is 2.39 bits per heavy atom. The van der Waals surface area contributed by atoms with Gasteiger partial charge in [-0.15, -0.1) is 23.1 Å². The molecule has 220 valence electrons. The van der Waals surface area contributed by atoms with Gasteiger partial charge in [0.1, 0.15) is 5.70 Å². The summed E-state index contributed by atoms with van der Waals surface area (Å²) in [7, 11) is 0. The first-order valence-electron chi connectivity index (χ1n) is 13.2. The number of benzene rings is 4. The van der Waals surface area contributed by atoms with Crippen LogP contribution >= 0.6 is 50.6 Å². The first kappa shape index (κ1) is 31.2. The fourth-order valence-electron chi connectivity index (χ4n) is 3.92. The average molecular weight is 704 g/mol. The van der Waals surface area contributed by atoms with Crippen LogP contribution in [0.4, 0.5) is 10.8 Å². The van der Waals surface area contributed by atoms with Crippen LogP contribution in [0.3, 0.4) is 0 Å². The fourth-order valence-corrected chi connectivity index (χ4v) is 5.80. The van der Waals surface area contributed by atoms with Crippen molar-refractivity contribution >= 4 is 85.2 Å². The highest BCUT2D eigenvalue weighted by Gasteiger charge is 2.16. The maximum absolute atomic E-state index is 13.4. The van der Waals surface area contributed by atoms with Crippen LogP contribution in [0.1, 0.15) is 15.9 Å². The van der Waals surface area contributed by atoms with E-state index in [1.165, 1.54) is 23.1 Å². The zero-order valence-corrected chi connectivity index (χ0v) is 26.9. The number of carbonyl (C=O) groups is 3. The molecule has 11 heteroatoms. The van der Waals surface area contributed by atoms with Gasteiger partial charge in [0.05, 0.1) is 11.4 Å². The lowest BCUT2D eigenvalue weighted by Gasteiger charge is -2.12. The number of aromatic nitrogens is 1. The third-order valence-corrected chi connectivity index (χ3v) is 8.59. The summed E-state index contributed by atoms with van der Waals surface area (Å²) in [5, 5.41) is 11.5. The average Bonchev–Trinajstić information content (AvgIpc) is 3.50. The van der Waals surface area contributed by atoms with Gasteiger partial charge in [-0.25, -0.2) is 4.98 Å². The summed E-state index contributed by atoms with van der Waals surface area (Å²) in [5.74, 6) is -0.947. The molecule has 0 fully saturated rings. The molecule has 44 heavy (non-hydrogen) atoms. The number of thiazole rings is 1. The normalized spacial score (nSPS) is 11.1. The highest BCUT2D eigenvalue weighted by molar-refractivity contribution is 9.10. The molecule has 1 aromatic heterocycles. The zero-order chi connectivity index (χ0) is 30.9. The topological polar surface area (TPSA) is 100 Å². The lowest BCUT2D eigenvalue weighted by molar-refractivity contribution is -0.114. The standard InChI is InChI=1S/C33H24BrClN4O3S2/c34-24-13-9-21(10-14-24)17-28(37-31(41)23-5-2-1-3-6-23)32(42)36-26-7-4-8-27(18-26)43-20-30(40)39-33-38-29(19-44-33)22-11-15-25(35)16-12-22/h1-19H,20H2,(H,36,42)(H,37,41)(H,38,39,40)/b28-17-. The quantitative estimate of drug-likeness (QED) is 0.100. The lowest BCUT2D eigenvalue weighted by Crippen LogP contribution is -2.30. The van der Waals surface area contributed by atoms with Crippen molar-refractivity contribution in [1.82, 2.24) is 10.3 Å². The first-order chi connectivity index (χ1) is 21.3. The Morgan fingerprint density at radius 1 is 0.886 bits per heavy atom. The van der Waals surface area contributed by atoms with Crippen LogP contribution in [0.25, 0.3) is 17.3 Å². The molecule has 5 rings (SSSR count). The number of nitrogens with zero attached hydrogens (tertiary/aromatic N) is 1. The van der Waals surface area contributed by atoms with Crippen LogP contribution in [0, 0.1) is 0 Å². The molecule has 0 unspecified atom stereocenters. The Kier molecular flexibility index (Phi) is 10.6. The van der Waals surface area contributed by atoms with Crippen molar-refractivity contribution in [1.29, 1.82) is 0 Å². The number of halogens is 2. The largest absolute Gasteiger partial charge is 0.321 e. The van der Waals surface area contributed by atoms with Gasteiger partial charge in [0, 0.05) is 36.6 Å². The van der Waals surface area contributed by atoms with Crippen molar-refractivity contribution < 1.29 is 14.4 Å². The smallest absolute Gasteiger partial charge is 0.272 e. The molecule has 0 saturated carbocycles. The zero-order valence-electron chi connectivity index (χ0n) is 22.9. The molecule has 4 aromatic carbocycles. The van der Waals surface area contributed by atoms with E-state index in [4.69, 9.17) is 11.6 Å². The minimum absolute atomic E-state index is 0.0834. The second-order valence-corrected chi connectivity index (χ2v) is 12.6. The van der Waals surface area contributed by atoms with Gasteiger partial charge in [-0.05, 0) is 66.2 Å². The Balaban J connectivity index is 1.22. The molecule has 0 aliphatic heterocycles. The van der Waals surface area contributed by atoms with E-state index < -0.39 is 11.8 Å². The molecule has 0 radical (unpaired) electrons. The lowest BCUT2D eigenvalue weighted by atomic mass is 10.1. The van der Waals surface area contributed by atoms with Crippen molar-refractivity contribution in [2.24, 2.45) is 0 Å². The molecule has 7 nitrogen and oxygen atoms in total. The molecule has 1 heterocycles. The van der Waals surface area contributed by atoms with Gasteiger partial charge in [0.15, 0.2) is 5.13 Å². The van der Waals surface area contributed by atoms with Crippen LogP contribution in [-0.4, -0.2) is 28.5 Å². The van der Waals surface area contributed by atoms with E-state index in [0.29, 0.717) is 21.4 Å². The SMILES string of the molecule is O=C(CSc1cccc(NC(=O)/C(=C/c2ccc(Br)cc2)NC(=O)c2ccccc2)c1)Nc1nc(-c2ccc(Cl)cc2)cs1. The number of carbonyl (C=O) groups excluding carboxylic acids is 3. The van der Waals surface area contributed by atoms with Crippen molar-refractivity contribution in [3.8, 4) is 11.3 Å². The van der Waals surface area contributed by atoms with Crippen LogP contribution in [-0.2, 0) is 9.59 Å². The molecule has 5 aromatic rings. The molecule has 0 spiro atoms. The Morgan fingerprint density at radius 2 is 1.64 bits per heavy atom. The minimum Gasteiger partial charge on any atom is -0.321 e. The van der Waals surface area contributed by atoms with Crippen molar-refractivity contribution in [3.05, 3.63) is 135 Å². The third kappa shape index (κ3) is 8.90. The maximum atomic E-state index is 13.4. The van der Waals surface area contributed by atoms with Gasteiger partial charge >= 0.3 is 0 Å². The summed E-state index contributed by atoms with van der Waals surface area (Å²) in [6, 6.07) is 30.5.